The summed E-state index contributed by atoms with van der Waals surface area (Å²) in [4.78, 5) is 31.4. The predicted octanol–water partition coefficient (Wildman–Crippen LogP) is 3.24. The fourth-order valence-corrected chi connectivity index (χ4v) is 5.14. The molecule has 32 heavy (non-hydrogen) atoms. The van der Waals surface area contributed by atoms with Crippen molar-refractivity contribution in [2.45, 2.75) is 19.3 Å². The first-order valence-electron chi connectivity index (χ1n) is 10.6. The molecule has 1 aliphatic carbocycles. The van der Waals surface area contributed by atoms with E-state index in [4.69, 9.17) is 9.47 Å². The average Bonchev–Trinajstić information content (AvgIpc) is 3.18. The number of aromatic nitrogens is 1. The molecule has 2 amide bonds. The fraction of sp³-hybridized carbons (Fsp3) is 0.391. The summed E-state index contributed by atoms with van der Waals surface area (Å²) in [6, 6.07) is 5.90. The van der Waals surface area contributed by atoms with Crippen LogP contribution in [0.2, 0.25) is 0 Å². The molecule has 0 spiro atoms. The number of nitriles is 1. The van der Waals surface area contributed by atoms with Crippen molar-refractivity contribution in [2.75, 3.05) is 38.2 Å². The fourth-order valence-electron chi connectivity index (χ4n) is 3.83. The molecular formula is C23H24N4O4S. The Morgan fingerprint density at radius 2 is 2.25 bits per heavy atom. The van der Waals surface area contributed by atoms with E-state index in [1.165, 1.54) is 17.4 Å². The number of ether oxygens (including phenoxy) is 2. The van der Waals surface area contributed by atoms with Crippen molar-refractivity contribution in [1.29, 1.82) is 5.26 Å². The number of carbonyl (C=O) groups is 2. The van der Waals surface area contributed by atoms with Crippen LogP contribution in [0.3, 0.4) is 0 Å². The third-order valence-corrected chi connectivity index (χ3v) is 6.71. The number of rotatable bonds is 5. The number of thiophene rings is 1. The minimum Gasteiger partial charge on any atom is -0.449 e. The van der Waals surface area contributed by atoms with Gasteiger partial charge in [-0.15, -0.1) is 11.3 Å². The van der Waals surface area contributed by atoms with E-state index in [1.807, 2.05) is 6.07 Å². The van der Waals surface area contributed by atoms with Gasteiger partial charge in [0.05, 0.1) is 25.4 Å². The number of amides is 2. The molecule has 1 N–H and O–H groups in total. The van der Waals surface area contributed by atoms with Crippen molar-refractivity contribution >= 4 is 34.4 Å². The van der Waals surface area contributed by atoms with Crippen LogP contribution >= 0.6 is 11.3 Å². The Balaban J connectivity index is 1.36. The van der Waals surface area contributed by atoms with E-state index < -0.39 is 0 Å². The third kappa shape index (κ3) is 5.33. The van der Waals surface area contributed by atoms with Crippen molar-refractivity contribution in [2.24, 2.45) is 5.92 Å². The molecule has 3 heterocycles. The molecule has 166 valence electrons. The van der Waals surface area contributed by atoms with Crippen LogP contribution in [0.1, 0.15) is 28.0 Å². The highest BCUT2D eigenvalue weighted by molar-refractivity contribution is 7.16. The molecule has 2 aromatic rings. The zero-order valence-corrected chi connectivity index (χ0v) is 18.4. The largest absolute Gasteiger partial charge is 0.449 e. The molecule has 4 rings (SSSR count). The summed E-state index contributed by atoms with van der Waals surface area (Å²) in [5.41, 5.74) is 2.36. The first-order valence-corrected chi connectivity index (χ1v) is 11.4. The van der Waals surface area contributed by atoms with Crippen LogP contribution in [0.25, 0.3) is 6.08 Å². The van der Waals surface area contributed by atoms with Crippen LogP contribution in [0, 0.1) is 17.2 Å². The van der Waals surface area contributed by atoms with Crippen LogP contribution in [0.4, 0.5) is 9.80 Å². The van der Waals surface area contributed by atoms with E-state index in [9.17, 15) is 14.9 Å². The molecule has 0 saturated carbocycles. The molecule has 2 aliphatic rings. The second-order valence-electron chi connectivity index (χ2n) is 7.71. The van der Waals surface area contributed by atoms with Gasteiger partial charge in [-0.3, -0.25) is 9.78 Å². The normalized spacial score (nSPS) is 18.1. The SMILES string of the molecule is N#Cc1c(NC(=O)C=Cc2cccnc2)sc2c1CCC(COC(=O)N1CCOCC1)C2. The number of carbonyl (C=O) groups excluding carboxylic acids is 2. The van der Waals surface area contributed by atoms with E-state index in [0.29, 0.717) is 43.5 Å². The highest BCUT2D eigenvalue weighted by Crippen LogP contribution is 2.39. The lowest BCUT2D eigenvalue weighted by Crippen LogP contribution is -2.41. The Kier molecular flexibility index (Phi) is 7.14. The van der Waals surface area contributed by atoms with E-state index in [1.54, 1.807) is 29.4 Å². The molecule has 0 bridgehead atoms. The van der Waals surface area contributed by atoms with Crippen LogP contribution < -0.4 is 5.32 Å². The van der Waals surface area contributed by atoms with E-state index >= 15 is 0 Å². The molecule has 1 unspecified atom stereocenters. The lowest BCUT2D eigenvalue weighted by atomic mass is 9.88. The molecular weight excluding hydrogens is 428 g/mol. The summed E-state index contributed by atoms with van der Waals surface area (Å²) >= 11 is 1.43. The van der Waals surface area contributed by atoms with E-state index in [0.717, 1.165) is 35.3 Å². The van der Waals surface area contributed by atoms with Crippen molar-refractivity contribution < 1.29 is 19.1 Å². The summed E-state index contributed by atoms with van der Waals surface area (Å²) in [5, 5.41) is 13.1. The van der Waals surface area contributed by atoms with Gasteiger partial charge < -0.3 is 19.7 Å². The van der Waals surface area contributed by atoms with Crippen LogP contribution in [-0.2, 0) is 27.1 Å². The molecule has 1 atom stereocenters. The average molecular weight is 453 g/mol. The van der Waals surface area contributed by atoms with E-state index in [-0.39, 0.29) is 17.9 Å². The second kappa shape index (κ2) is 10.4. The molecule has 0 radical (unpaired) electrons. The van der Waals surface area contributed by atoms with Gasteiger partial charge in [-0.25, -0.2) is 4.79 Å². The number of hydrogen-bond donors (Lipinski definition) is 1. The number of nitrogens with zero attached hydrogens (tertiary/aromatic N) is 3. The van der Waals surface area contributed by atoms with Gasteiger partial charge in [0.15, 0.2) is 0 Å². The molecule has 1 aliphatic heterocycles. The zero-order chi connectivity index (χ0) is 22.3. The Bertz CT molecular complexity index is 1040. The van der Waals surface area contributed by atoms with Crippen molar-refractivity contribution in [3.63, 3.8) is 0 Å². The molecule has 1 fully saturated rings. The van der Waals surface area contributed by atoms with Gasteiger partial charge in [0, 0.05) is 36.4 Å². The Morgan fingerprint density at radius 1 is 1.41 bits per heavy atom. The smallest absolute Gasteiger partial charge is 0.409 e. The number of fused-ring (bicyclic) bond motifs is 1. The summed E-state index contributed by atoms with van der Waals surface area (Å²) in [6.07, 6.45) is 8.46. The second-order valence-corrected chi connectivity index (χ2v) is 8.82. The number of hydrogen-bond acceptors (Lipinski definition) is 7. The number of morpholine rings is 1. The van der Waals surface area contributed by atoms with Gasteiger partial charge in [-0.05, 0) is 48.4 Å². The lowest BCUT2D eigenvalue weighted by molar-refractivity contribution is -0.111. The van der Waals surface area contributed by atoms with Crippen LogP contribution in [0.5, 0.6) is 0 Å². The van der Waals surface area contributed by atoms with Crippen molar-refractivity contribution in [3.8, 4) is 6.07 Å². The monoisotopic (exact) mass is 452 g/mol. The summed E-state index contributed by atoms with van der Waals surface area (Å²) < 4.78 is 10.8. The number of nitrogens with one attached hydrogen (secondary N) is 1. The maximum Gasteiger partial charge on any atom is 0.409 e. The molecule has 2 aromatic heterocycles. The van der Waals surface area contributed by atoms with Gasteiger partial charge in [0.25, 0.3) is 0 Å². The lowest BCUT2D eigenvalue weighted by Gasteiger charge is -2.27. The van der Waals surface area contributed by atoms with Crippen molar-refractivity contribution in [3.05, 3.63) is 52.2 Å². The maximum absolute atomic E-state index is 12.4. The van der Waals surface area contributed by atoms with Crippen molar-refractivity contribution in [1.82, 2.24) is 9.88 Å². The minimum atomic E-state index is -0.295. The highest BCUT2D eigenvalue weighted by atomic mass is 32.1. The highest BCUT2D eigenvalue weighted by Gasteiger charge is 2.28. The first-order chi connectivity index (χ1) is 15.6. The number of anilines is 1. The van der Waals surface area contributed by atoms with Gasteiger partial charge >= 0.3 is 6.09 Å². The Hall–Kier alpha value is -3.22. The van der Waals surface area contributed by atoms with Crippen LogP contribution in [0.15, 0.2) is 30.6 Å². The topological polar surface area (TPSA) is 105 Å². The molecule has 0 aromatic carbocycles. The molecule has 9 heteroatoms. The van der Waals surface area contributed by atoms with Gasteiger partial charge in [-0.1, -0.05) is 6.07 Å². The molecule has 1 saturated heterocycles. The minimum absolute atomic E-state index is 0.201. The standard InChI is InChI=1S/C23H24N4O4S/c24-13-19-18-5-3-17(15-31-23(29)27-8-10-30-11-9-27)12-20(18)32-22(19)26-21(28)6-4-16-2-1-7-25-14-16/h1-2,4,6-7,14,17H,3,5,8-12,15H2,(H,26,28). The Morgan fingerprint density at radius 3 is 3.00 bits per heavy atom. The number of pyridine rings is 1. The summed E-state index contributed by atoms with van der Waals surface area (Å²) in [6.45, 7) is 2.55. The summed E-state index contributed by atoms with van der Waals surface area (Å²) in [7, 11) is 0. The first kappa shape index (κ1) is 22.0. The maximum atomic E-state index is 12.4. The molecule has 8 nitrogen and oxygen atoms in total. The van der Waals surface area contributed by atoms with Gasteiger partial charge in [0.1, 0.15) is 11.1 Å². The zero-order valence-electron chi connectivity index (χ0n) is 17.6. The summed E-state index contributed by atoms with van der Waals surface area (Å²) in [5.74, 6) is -0.0911. The quantitative estimate of drug-likeness (QED) is 0.699. The van der Waals surface area contributed by atoms with Gasteiger partial charge in [0.2, 0.25) is 5.91 Å². The third-order valence-electron chi connectivity index (χ3n) is 5.54. The predicted molar refractivity (Wildman–Crippen MR) is 120 cm³/mol. The Labute approximate surface area is 190 Å². The van der Waals surface area contributed by atoms with Crippen LogP contribution in [-0.4, -0.2) is 54.8 Å². The van der Waals surface area contributed by atoms with Gasteiger partial charge in [-0.2, -0.15) is 5.26 Å². The van der Waals surface area contributed by atoms with E-state index in [2.05, 4.69) is 16.4 Å².